The number of aliphatic carboxylic acids is 1. The van der Waals surface area contributed by atoms with Crippen molar-refractivity contribution in [3.05, 3.63) is 90.3 Å². The number of aromatic amines is 1. The number of H-pyrrole nitrogens is 1. The zero-order chi connectivity index (χ0) is 18.4. The third-order valence-electron chi connectivity index (χ3n) is 4.16. The maximum absolute atomic E-state index is 11.5. The van der Waals surface area contributed by atoms with Crippen LogP contribution in [0.25, 0.3) is 17.0 Å². The van der Waals surface area contributed by atoms with Gasteiger partial charge in [0.25, 0.3) is 0 Å². The molecule has 4 nitrogen and oxygen atoms in total. The fourth-order valence-corrected chi connectivity index (χ4v) is 2.78. The molecule has 0 amide bonds. The van der Waals surface area contributed by atoms with Crippen LogP contribution in [0.5, 0.6) is 0 Å². The smallest absolute Gasteiger partial charge is 0.350 e. The van der Waals surface area contributed by atoms with Crippen molar-refractivity contribution in [3.63, 3.8) is 0 Å². The van der Waals surface area contributed by atoms with Gasteiger partial charge in [0.05, 0.1) is 0 Å². The first-order valence-corrected chi connectivity index (χ1v) is 8.38. The molecule has 26 heavy (non-hydrogen) atoms. The van der Waals surface area contributed by atoms with E-state index >= 15 is 0 Å². The molecule has 0 aliphatic rings. The lowest BCUT2D eigenvalue weighted by Crippen LogP contribution is -2.15. The predicted molar refractivity (Wildman–Crippen MR) is 106 cm³/mol. The van der Waals surface area contributed by atoms with Gasteiger partial charge in [0.2, 0.25) is 0 Å². The molecule has 3 rings (SSSR count). The minimum atomic E-state index is -1.01. The van der Waals surface area contributed by atoms with Gasteiger partial charge in [-0.25, -0.2) is 4.79 Å². The third-order valence-corrected chi connectivity index (χ3v) is 4.16. The molecule has 0 spiro atoms. The molecule has 0 atom stereocenters. The Hall–Kier alpha value is -3.40. The number of nitrogens with zero attached hydrogens (tertiary/aromatic N) is 1. The van der Waals surface area contributed by atoms with Gasteiger partial charge in [0.15, 0.2) is 0 Å². The fourth-order valence-electron chi connectivity index (χ4n) is 2.78. The Morgan fingerprint density at radius 3 is 2.73 bits per heavy atom. The molecule has 0 fully saturated rings. The highest BCUT2D eigenvalue weighted by Gasteiger charge is 2.13. The number of aliphatic imine (C=N–C) groups is 1. The van der Waals surface area contributed by atoms with Crippen LogP contribution < -0.4 is 0 Å². The molecule has 2 aromatic carbocycles. The summed E-state index contributed by atoms with van der Waals surface area (Å²) in [6.45, 7) is 3.76. The van der Waals surface area contributed by atoms with E-state index in [4.69, 9.17) is 0 Å². The van der Waals surface area contributed by atoms with Crippen LogP contribution >= 0.6 is 0 Å². The van der Waals surface area contributed by atoms with Crippen molar-refractivity contribution >= 4 is 28.7 Å². The second-order valence-corrected chi connectivity index (χ2v) is 5.96. The van der Waals surface area contributed by atoms with Gasteiger partial charge in [-0.3, -0.25) is 4.99 Å². The number of benzene rings is 2. The first kappa shape index (κ1) is 17.4. The predicted octanol–water partition coefficient (Wildman–Crippen LogP) is 4.64. The number of carboxylic acid groups (broad SMARTS) is 1. The third kappa shape index (κ3) is 4.16. The number of nitrogens with one attached hydrogen (secondary N) is 1. The Labute approximate surface area is 152 Å². The summed E-state index contributed by atoms with van der Waals surface area (Å²) in [5, 5.41) is 10.5. The number of carbonyl (C=O) groups is 1. The Kier molecular flexibility index (Phi) is 5.44. The minimum Gasteiger partial charge on any atom is -0.477 e. The van der Waals surface area contributed by atoms with Gasteiger partial charge < -0.3 is 10.1 Å². The van der Waals surface area contributed by atoms with E-state index in [1.807, 2.05) is 60.8 Å². The molecule has 4 heteroatoms. The van der Waals surface area contributed by atoms with Crippen molar-refractivity contribution in [2.75, 3.05) is 0 Å². The van der Waals surface area contributed by atoms with Gasteiger partial charge in [-0.2, -0.15) is 0 Å². The normalized spacial score (nSPS) is 11.9. The topological polar surface area (TPSA) is 65.4 Å². The number of aromatic nitrogens is 1. The fraction of sp³-hybridized carbons (Fsp3) is 0.0909. The van der Waals surface area contributed by atoms with E-state index in [9.17, 15) is 9.90 Å². The maximum Gasteiger partial charge on any atom is 0.350 e. The Morgan fingerprint density at radius 1 is 1.19 bits per heavy atom. The van der Waals surface area contributed by atoms with Crippen molar-refractivity contribution in [1.82, 2.24) is 4.98 Å². The molecule has 0 unspecified atom stereocenters. The molecular weight excluding hydrogens is 324 g/mol. The average Bonchev–Trinajstić information content (AvgIpc) is 3.06. The molecule has 0 aliphatic carbocycles. The van der Waals surface area contributed by atoms with Crippen LogP contribution in [0.3, 0.4) is 0 Å². The number of hydrogen-bond acceptors (Lipinski definition) is 2. The Bertz CT molecular complexity index is 982. The largest absolute Gasteiger partial charge is 0.477 e. The van der Waals surface area contributed by atoms with Gasteiger partial charge >= 0.3 is 5.97 Å². The standard InChI is InChI=1S/C22H20N2O2/c1-2-16-10-11-19-18(15-24-20(19)13-16)14-21(22(25)26)23-12-6-9-17-7-4-3-5-8-17/h2-8,10-13,15,24H,1,9,14H2,(H,25,26). The van der Waals surface area contributed by atoms with E-state index in [0.29, 0.717) is 6.42 Å². The Morgan fingerprint density at radius 2 is 2.00 bits per heavy atom. The summed E-state index contributed by atoms with van der Waals surface area (Å²) in [6, 6.07) is 15.9. The highest BCUT2D eigenvalue weighted by Crippen LogP contribution is 2.21. The Balaban J connectivity index is 1.76. The molecule has 1 aromatic heterocycles. The molecular formula is C22H20N2O2. The zero-order valence-corrected chi connectivity index (χ0v) is 14.4. The summed E-state index contributed by atoms with van der Waals surface area (Å²) in [5.74, 6) is -1.01. The molecule has 0 radical (unpaired) electrons. The molecule has 2 N–H and O–H groups in total. The summed E-state index contributed by atoms with van der Waals surface area (Å²) in [7, 11) is 0. The van der Waals surface area contributed by atoms with Crippen LogP contribution in [-0.2, 0) is 17.6 Å². The summed E-state index contributed by atoms with van der Waals surface area (Å²) >= 11 is 0. The van der Waals surface area contributed by atoms with Crippen LogP contribution in [0.15, 0.2) is 78.6 Å². The van der Waals surface area contributed by atoms with Gasteiger partial charge in [-0.15, -0.1) is 0 Å². The summed E-state index contributed by atoms with van der Waals surface area (Å²) in [5.41, 5.74) is 4.16. The SMILES string of the molecule is C=Cc1ccc2c(CC(=NC=CCc3ccccc3)C(=O)O)c[nH]c2c1. The van der Waals surface area contributed by atoms with Crippen LogP contribution in [0.4, 0.5) is 0 Å². The van der Waals surface area contributed by atoms with Crippen molar-refractivity contribution in [3.8, 4) is 0 Å². The second-order valence-electron chi connectivity index (χ2n) is 5.96. The summed E-state index contributed by atoms with van der Waals surface area (Å²) < 4.78 is 0. The molecule has 3 aromatic rings. The quantitative estimate of drug-likeness (QED) is 0.613. The molecule has 0 saturated heterocycles. The lowest BCUT2D eigenvalue weighted by atomic mass is 10.1. The van der Waals surface area contributed by atoms with Crippen molar-refractivity contribution in [2.45, 2.75) is 12.8 Å². The highest BCUT2D eigenvalue weighted by molar-refractivity contribution is 6.36. The zero-order valence-electron chi connectivity index (χ0n) is 14.4. The molecule has 130 valence electrons. The van der Waals surface area contributed by atoms with Crippen LogP contribution in [-0.4, -0.2) is 21.8 Å². The maximum atomic E-state index is 11.5. The van der Waals surface area contributed by atoms with E-state index < -0.39 is 5.97 Å². The molecule has 0 saturated carbocycles. The van der Waals surface area contributed by atoms with Crippen LogP contribution in [0, 0.1) is 0 Å². The minimum absolute atomic E-state index is 0.114. The number of hydrogen-bond donors (Lipinski definition) is 2. The van der Waals surface area contributed by atoms with E-state index in [1.54, 1.807) is 12.3 Å². The van der Waals surface area contributed by atoms with E-state index in [0.717, 1.165) is 27.6 Å². The van der Waals surface area contributed by atoms with Crippen molar-refractivity contribution in [1.29, 1.82) is 0 Å². The number of carboxylic acids is 1. The van der Waals surface area contributed by atoms with Gasteiger partial charge in [-0.1, -0.05) is 61.2 Å². The summed E-state index contributed by atoms with van der Waals surface area (Å²) in [6.07, 6.45) is 8.03. The first-order chi connectivity index (χ1) is 12.7. The number of allylic oxidation sites excluding steroid dienone is 1. The lowest BCUT2D eigenvalue weighted by molar-refractivity contribution is -0.129. The van der Waals surface area contributed by atoms with Crippen LogP contribution in [0.2, 0.25) is 0 Å². The second kappa shape index (κ2) is 8.12. The van der Waals surface area contributed by atoms with Gasteiger partial charge in [-0.05, 0) is 29.2 Å². The molecule has 1 heterocycles. The van der Waals surface area contributed by atoms with Crippen molar-refractivity contribution < 1.29 is 9.90 Å². The summed E-state index contributed by atoms with van der Waals surface area (Å²) in [4.78, 5) is 18.9. The van der Waals surface area contributed by atoms with E-state index in [1.165, 1.54) is 0 Å². The van der Waals surface area contributed by atoms with Crippen molar-refractivity contribution in [2.24, 2.45) is 4.99 Å². The first-order valence-electron chi connectivity index (χ1n) is 8.38. The van der Waals surface area contributed by atoms with E-state index in [2.05, 4.69) is 16.6 Å². The number of rotatable bonds is 7. The lowest BCUT2D eigenvalue weighted by Gasteiger charge is -2.01. The molecule has 0 aliphatic heterocycles. The molecule has 0 bridgehead atoms. The highest BCUT2D eigenvalue weighted by atomic mass is 16.4. The van der Waals surface area contributed by atoms with Gasteiger partial charge in [0.1, 0.15) is 5.71 Å². The monoisotopic (exact) mass is 344 g/mol. The van der Waals surface area contributed by atoms with Gasteiger partial charge in [0, 0.05) is 29.7 Å². The van der Waals surface area contributed by atoms with Crippen LogP contribution in [0.1, 0.15) is 16.7 Å². The van der Waals surface area contributed by atoms with E-state index in [-0.39, 0.29) is 12.1 Å². The average molecular weight is 344 g/mol. The number of fused-ring (bicyclic) bond motifs is 1.